The maximum Gasteiger partial charge on any atom is 0.131 e. The lowest BCUT2D eigenvalue weighted by molar-refractivity contribution is 0.297. The van der Waals surface area contributed by atoms with Crippen LogP contribution in [0.4, 0.5) is 0 Å². The first-order chi connectivity index (χ1) is 8.28. The van der Waals surface area contributed by atoms with E-state index >= 15 is 0 Å². The predicted octanol–water partition coefficient (Wildman–Crippen LogP) is 2.57. The lowest BCUT2D eigenvalue weighted by atomic mass is 10.1. The molecular weight excluding hydrogens is 234 g/mol. The molecule has 0 bridgehead atoms. The lowest BCUT2D eigenvalue weighted by Gasteiger charge is -2.05. The maximum atomic E-state index is 8.80. The van der Waals surface area contributed by atoms with E-state index in [0.717, 1.165) is 22.0 Å². The van der Waals surface area contributed by atoms with Gasteiger partial charge in [0.2, 0.25) is 0 Å². The molecule has 0 aliphatic rings. The van der Waals surface area contributed by atoms with Crippen LogP contribution < -0.4 is 4.74 Å². The number of ether oxygens (including phenoxy) is 1. The third kappa shape index (κ3) is 3.54. The number of nitrogens with zero attached hydrogens (tertiary/aromatic N) is 1. The Balaban J connectivity index is 1.90. The summed E-state index contributed by atoms with van der Waals surface area (Å²) >= 11 is 1.63. The number of hydrogen-bond acceptors (Lipinski definition) is 4. The Bertz CT molecular complexity index is 465. The second-order valence-electron chi connectivity index (χ2n) is 3.76. The first kappa shape index (κ1) is 12.1. The van der Waals surface area contributed by atoms with Gasteiger partial charge in [-0.1, -0.05) is 12.1 Å². The first-order valence-electron chi connectivity index (χ1n) is 5.51. The summed E-state index contributed by atoms with van der Waals surface area (Å²) < 4.78 is 5.62. The molecule has 2 aromatic rings. The molecule has 1 aromatic carbocycles. The Kier molecular flexibility index (Phi) is 4.12. The smallest absolute Gasteiger partial charge is 0.131 e. The van der Waals surface area contributed by atoms with Crippen LogP contribution in [0.1, 0.15) is 16.3 Å². The molecule has 0 saturated heterocycles. The fourth-order valence-corrected chi connectivity index (χ4v) is 2.11. The Labute approximate surface area is 105 Å². The van der Waals surface area contributed by atoms with Crippen molar-refractivity contribution in [2.45, 2.75) is 20.0 Å². The molecule has 0 saturated carbocycles. The number of aryl methyl sites for hydroxylation is 1. The molecule has 90 valence electrons. The van der Waals surface area contributed by atoms with Gasteiger partial charge in [-0.15, -0.1) is 11.3 Å². The molecule has 1 N–H and O–H groups in total. The van der Waals surface area contributed by atoms with Crippen LogP contribution in [0.3, 0.4) is 0 Å². The minimum absolute atomic E-state index is 0.179. The van der Waals surface area contributed by atoms with E-state index in [1.807, 2.05) is 36.6 Å². The van der Waals surface area contributed by atoms with Crippen molar-refractivity contribution in [2.75, 3.05) is 6.61 Å². The number of aromatic nitrogens is 1. The number of aliphatic hydroxyl groups is 1. The molecule has 0 unspecified atom stereocenters. The number of benzene rings is 1. The van der Waals surface area contributed by atoms with Gasteiger partial charge in [0.25, 0.3) is 0 Å². The number of hydrogen-bond donors (Lipinski definition) is 1. The average molecular weight is 249 g/mol. The van der Waals surface area contributed by atoms with Crippen LogP contribution in [0.15, 0.2) is 29.6 Å². The summed E-state index contributed by atoms with van der Waals surface area (Å²) in [6, 6.07) is 7.78. The van der Waals surface area contributed by atoms with Crippen molar-refractivity contribution in [3.05, 3.63) is 45.9 Å². The van der Waals surface area contributed by atoms with Crippen molar-refractivity contribution >= 4 is 11.3 Å². The summed E-state index contributed by atoms with van der Waals surface area (Å²) in [4.78, 5) is 4.33. The van der Waals surface area contributed by atoms with Crippen molar-refractivity contribution < 1.29 is 9.84 Å². The molecule has 1 heterocycles. The van der Waals surface area contributed by atoms with E-state index in [9.17, 15) is 0 Å². The van der Waals surface area contributed by atoms with E-state index in [1.165, 1.54) is 0 Å². The molecule has 0 radical (unpaired) electrons. The van der Waals surface area contributed by atoms with E-state index in [0.29, 0.717) is 13.0 Å². The molecule has 4 heteroatoms. The topological polar surface area (TPSA) is 42.4 Å². The van der Waals surface area contributed by atoms with Gasteiger partial charge in [0, 0.05) is 12.0 Å². The van der Waals surface area contributed by atoms with Gasteiger partial charge >= 0.3 is 0 Å². The van der Waals surface area contributed by atoms with Gasteiger partial charge in [0.05, 0.1) is 10.7 Å². The Hall–Kier alpha value is -1.39. The monoisotopic (exact) mass is 249 g/mol. The van der Waals surface area contributed by atoms with Gasteiger partial charge < -0.3 is 9.84 Å². The van der Waals surface area contributed by atoms with Crippen molar-refractivity contribution in [3.63, 3.8) is 0 Å². The number of rotatable bonds is 5. The van der Waals surface area contributed by atoms with E-state index in [-0.39, 0.29) is 6.61 Å². The van der Waals surface area contributed by atoms with Crippen molar-refractivity contribution in [1.29, 1.82) is 0 Å². The number of thiazole rings is 1. The fourth-order valence-electron chi connectivity index (χ4n) is 1.51. The molecular formula is C13H15NO2S. The first-order valence-corrected chi connectivity index (χ1v) is 6.39. The molecule has 0 aliphatic heterocycles. The zero-order chi connectivity index (χ0) is 12.1. The molecule has 1 aromatic heterocycles. The summed E-state index contributed by atoms with van der Waals surface area (Å²) in [5.74, 6) is 0.831. The summed E-state index contributed by atoms with van der Waals surface area (Å²) in [5.41, 5.74) is 2.08. The third-order valence-electron chi connectivity index (χ3n) is 2.38. The maximum absolute atomic E-state index is 8.80. The molecule has 0 aliphatic carbocycles. The van der Waals surface area contributed by atoms with Crippen LogP contribution in [0.25, 0.3) is 0 Å². The van der Waals surface area contributed by atoms with Gasteiger partial charge in [0.15, 0.2) is 0 Å². The molecule has 17 heavy (non-hydrogen) atoms. The predicted molar refractivity (Wildman–Crippen MR) is 68.4 cm³/mol. The normalized spacial score (nSPS) is 10.5. The van der Waals surface area contributed by atoms with E-state index in [1.54, 1.807) is 11.3 Å². The molecule has 0 fully saturated rings. The molecule has 3 nitrogen and oxygen atoms in total. The third-order valence-corrected chi connectivity index (χ3v) is 3.20. The van der Waals surface area contributed by atoms with Crippen LogP contribution in [0, 0.1) is 6.92 Å². The summed E-state index contributed by atoms with van der Waals surface area (Å²) in [6.45, 7) is 2.67. The van der Waals surface area contributed by atoms with Gasteiger partial charge in [0.1, 0.15) is 12.4 Å². The van der Waals surface area contributed by atoms with Gasteiger partial charge in [-0.3, -0.25) is 0 Å². The van der Waals surface area contributed by atoms with Crippen LogP contribution in [-0.2, 0) is 13.0 Å². The molecule has 2 rings (SSSR count). The highest BCUT2D eigenvalue weighted by Crippen LogP contribution is 2.15. The average Bonchev–Trinajstić information content (AvgIpc) is 2.75. The zero-order valence-corrected chi connectivity index (χ0v) is 10.5. The fraction of sp³-hybridized carbons (Fsp3) is 0.308. The quantitative estimate of drug-likeness (QED) is 0.885. The largest absolute Gasteiger partial charge is 0.487 e. The Morgan fingerprint density at radius 3 is 2.65 bits per heavy atom. The minimum atomic E-state index is 0.179. The van der Waals surface area contributed by atoms with E-state index < -0.39 is 0 Å². The number of aliphatic hydroxyl groups excluding tert-OH is 1. The SMILES string of the molecule is Cc1nc(COc2ccc(CCO)cc2)cs1. The van der Waals surface area contributed by atoms with E-state index in [4.69, 9.17) is 9.84 Å². The van der Waals surface area contributed by atoms with Crippen LogP contribution >= 0.6 is 11.3 Å². The summed E-state index contributed by atoms with van der Waals surface area (Å²) in [5, 5.41) is 11.9. The van der Waals surface area contributed by atoms with Gasteiger partial charge in [-0.25, -0.2) is 4.98 Å². The lowest BCUT2D eigenvalue weighted by Crippen LogP contribution is -1.96. The zero-order valence-electron chi connectivity index (χ0n) is 9.72. The highest BCUT2D eigenvalue weighted by Gasteiger charge is 2.00. The summed E-state index contributed by atoms with van der Waals surface area (Å²) in [7, 11) is 0. The van der Waals surface area contributed by atoms with Crippen molar-refractivity contribution in [2.24, 2.45) is 0 Å². The Morgan fingerprint density at radius 2 is 2.06 bits per heavy atom. The minimum Gasteiger partial charge on any atom is -0.487 e. The second kappa shape index (κ2) is 5.80. The van der Waals surface area contributed by atoms with Gasteiger partial charge in [-0.2, -0.15) is 0 Å². The van der Waals surface area contributed by atoms with E-state index in [2.05, 4.69) is 4.98 Å². The van der Waals surface area contributed by atoms with Crippen LogP contribution in [0.5, 0.6) is 5.75 Å². The highest BCUT2D eigenvalue weighted by molar-refractivity contribution is 7.09. The summed E-state index contributed by atoms with van der Waals surface area (Å²) in [6.07, 6.45) is 0.686. The van der Waals surface area contributed by atoms with Crippen LogP contribution in [0.2, 0.25) is 0 Å². The molecule has 0 spiro atoms. The van der Waals surface area contributed by atoms with Crippen molar-refractivity contribution in [3.8, 4) is 5.75 Å². The highest BCUT2D eigenvalue weighted by atomic mass is 32.1. The second-order valence-corrected chi connectivity index (χ2v) is 4.83. The standard InChI is InChI=1S/C13H15NO2S/c1-10-14-12(9-17-10)8-16-13-4-2-11(3-5-13)6-7-15/h2-5,9,15H,6-8H2,1H3. The Morgan fingerprint density at radius 1 is 1.29 bits per heavy atom. The molecule has 0 atom stereocenters. The molecule has 0 amide bonds. The van der Waals surface area contributed by atoms with Crippen molar-refractivity contribution in [1.82, 2.24) is 4.98 Å². The van der Waals surface area contributed by atoms with Crippen LogP contribution in [-0.4, -0.2) is 16.7 Å². The van der Waals surface area contributed by atoms with Gasteiger partial charge in [-0.05, 0) is 31.0 Å².